The fourth-order valence-corrected chi connectivity index (χ4v) is 3.24. The van der Waals surface area contributed by atoms with E-state index in [4.69, 9.17) is 0 Å². The first-order valence-electron chi connectivity index (χ1n) is 5.50. The van der Waals surface area contributed by atoms with Gasteiger partial charge in [0.2, 0.25) is 0 Å². The average Bonchev–Trinajstić information content (AvgIpc) is 2.96. The third-order valence-corrected chi connectivity index (χ3v) is 4.51. The molecule has 2 heterocycles. The van der Waals surface area contributed by atoms with Gasteiger partial charge in [0.15, 0.2) is 0 Å². The van der Waals surface area contributed by atoms with Gasteiger partial charge < -0.3 is 5.32 Å². The minimum atomic E-state index is 0.326. The Morgan fingerprint density at radius 2 is 2.25 bits per heavy atom. The highest BCUT2D eigenvalue weighted by atomic mass is 32.1. The van der Waals surface area contributed by atoms with Crippen LogP contribution in [0.2, 0.25) is 0 Å². The zero-order chi connectivity index (χ0) is 11.4. The number of nitrogens with one attached hydrogen (secondary N) is 1. The summed E-state index contributed by atoms with van der Waals surface area (Å²) >= 11 is 3.53. The minimum absolute atomic E-state index is 0.326. The Morgan fingerprint density at radius 3 is 2.81 bits per heavy atom. The standard InChI is InChI=1S/C12H16N2S2/c1-3-10(11-5-4-7-15-11)14-9(2)12-13-6-8-16-12/h4-10,14H,3H2,1-2H3. The lowest BCUT2D eigenvalue weighted by molar-refractivity contribution is 0.461. The normalized spacial score (nSPS) is 14.9. The van der Waals surface area contributed by atoms with Crippen LogP contribution >= 0.6 is 22.7 Å². The van der Waals surface area contributed by atoms with E-state index < -0.39 is 0 Å². The summed E-state index contributed by atoms with van der Waals surface area (Å²) in [7, 11) is 0. The fraction of sp³-hybridized carbons (Fsp3) is 0.417. The van der Waals surface area contributed by atoms with Crippen molar-refractivity contribution in [3.8, 4) is 0 Å². The van der Waals surface area contributed by atoms with E-state index in [0.29, 0.717) is 12.1 Å². The van der Waals surface area contributed by atoms with Gasteiger partial charge >= 0.3 is 0 Å². The first kappa shape index (κ1) is 11.8. The van der Waals surface area contributed by atoms with Crippen LogP contribution < -0.4 is 5.32 Å². The molecule has 0 radical (unpaired) electrons. The summed E-state index contributed by atoms with van der Waals surface area (Å²) in [5, 5.41) is 8.95. The van der Waals surface area contributed by atoms with Gasteiger partial charge in [-0.2, -0.15) is 0 Å². The van der Waals surface area contributed by atoms with Crippen LogP contribution in [0.5, 0.6) is 0 Å². The first-order chi connectivity index (χ1) is 7.81. The number of thiazole rings is 1. The average molecular weight is 252 g/mol. The van der Waals surface area contributed by atoms with E-state index in [9.17, 15) is 0 Å². The molecule has 2 aromatic heterocycles. The molecule has 0 amide bonds. The number of hydrogen-bond acceptors (Lipinski definition) is 4. The van der Waals surface area contributed by atoms with Crippen molar-refractivity contribution in [3.63, 3.8) is 0 Å². The van der Waals surface area contributed by atoms with Crippen molar-refractivity contribution < 1.29 is 0 Å². The van der Waals surface area contributed by atoms with Gasteiger partial charge in [0.25, 0.3) is 0 Å². The molecule has 0 aromatic carbocycles. The van der Waals surface area contributed by atoms with Crippen molar-refractivity contribution >= 4 is 22.7 Å². The number of rotatable bonds is 5. The van der Waals surface area contributed by atoms with Crippen LogP contribution in [-0.2, 0) is 0 Å². The Bertz CT molecular complexity index is 395. The SMILES string of the molecule is CCC(NC(C)c1nccs1)c1cccs1. The Kier molecular flexibility index (Phi) is 4.09. The van der Waals surface area contributed by atoms with Crippen molar-refractivity contribution in [2.45, 2.75) is 32.4 Å². The quantitative estimate of drug-likeness (QED) is 0.869. The van der Waals surface area contributed by atoms with Crippen molar-refractivity contribution in [3.05, 3.63) is 39.0 Å². The molecule has 0 spiro atoms. The molecule has 86 valence electrons. The highest BCUT2D eigenvalue weighted by molar-refractivity contribution is 7.10. The minimum Gasteiger partial charge on any atom is -0.300 e. The Hall–Kier alpha value is -0.710. The fourth-order valence-electron chi connectivity index (χ4n) is 1.71. The summed E-state index contributed by atoms with van der Waals surface area (Å²) in [6.45, 7) is 4.39. The summed E-state index contributed by atoms with van der Waals surface area (Å²) < 4.78 is 0. The largest absolute Gasteiger partial charge is 0.300 e. The van der Waals surface area contributed by atoms with Crippen LogP contribution in [0.15, 0.2) is 29.1 Å². The first-order valence-corrected chi connectivity index (χ1v) is 7.26. The summed E-state index contributed by atoms with van der Waals surface area (Å²) in [6.07, 6.45) is 2.97. The lowest BCUT2D eigenvalue weighted by Crippen LogP contribution is -2.23. The van der Waals surface area contributed by atoms with E-state index in [0.717, 1.165) is 11.4 Å². The smallest absolute Gasteiger partial charge is 0.109 e. The zero-order valence-electron chi connectivity index (χ0n) is 9.51. The van der Waals surface area contributed by atoms with Gasteiger partial charge in [-0.05, 0) is 24.8 Å². The van der Waals surface area contributed by atoms with Crippen molar-refractivity contribution in [2.24, 2.45) is 0 Å². The molecule has 2 rings (SSSR count). The molecule has 1 N–H and O–H groups in total. The predicted molar refractivity (Wildman–Crippen MR) is 71.0 cm³/mol. The third kappa shape index (κ3) is 2.70. The molecule has 16 heavy (non-hydrogen) atoms. The molecule has 0 saturated heterocycles. The molecule has 2 aromatic rings. The summed E-state index contributed by atoms with van der Waals surface area (Å²) in [4.78, 5) is 5.75. The van der Waals surface area contributed by atoms with Crippen LogP contribution in [0, 0.1) is 0 Å². The van der Waals surface area contributed by atoms with Crippen molar-refractivity contribution in [1.82, 2.24) is 10.3 Å². The van der Waals surface area contributed by atoms with Crippen LogP contribution in [0.3, 0.4) is 0 Å². The van der Waals surface area contributed by atoms with Gasteiger partial charge in [-0.25, -0.2) is 4.98 Å². The third-order valence-electron chi connectivity index (χ3n) is 2.57. The second-order valence-corrected chi connectivity index (χ2v) is 5.64. The highest BCUT2D eigenvalue weighted by Gasteiger charge is 2.15. The van der Waals surface area contributed by atoms with Gasteiger partial charge in [0.1, 0.15) is 5.01 Å². The van der Waals surface area contributed by atoms with E-state index in [1.165, 1.54) is 4.88 Å². The highest BCUT2D eigenvalue weighted by Crippen LogP contribution is 2.25. The van der Waals surface area contributed by atoms with Gasteiger partial charge in [0, 0.05) is 22.5 Å². The molecule has 0 aliphatic carbocycles. The van der Waals surface area contributed by atoms with Crippen LogP contribution in [0.4, 0.5) is 0 Å². The van der Waals surface area contributed by atoms with Gasteiger partial charge in [-0.3, -0.25) is 0 Å². The Balaban J connectivity index is 2.02. The lowest BCUT2D eigenvalue weighted by atomic mass is 10.1. The van der Waals surface area contributed by atoms with E-state index in [2.05, 4.69) is 41.7 Å². The molecule has 0 saturated carbocycles. The van der Waals surface area contributed by atoms with Crippen molar-refractivity contribution in [2.75, 3.05) is 0 Å². The second-order valence-electron chi connectivity index (χ2n) is 3.73. The van der Waals surface area contributed by atoms with E-state index in [1.807, 2.05) is 22.9 Å². The molecule has 2 nitrogen and oxygen atoms in total. The monoisotopic (exact) mass is 252 g/mol. The second kappa shape index (κ2) is 5.57. The summed E-state index contributed by atoms with van der Waals surface area (Å²) in [6, 6.07) is 5.07. The molecule has 0 bridgehead atoms. The Morgan fingerprint density at radius 1 is 1.38 bits per heavy atom. The van der Waals surface area contributed by atoms with Crippen LogP contribution in [-0.4, -0.2) is 4.98 Å². The van der Waals surface area contributed by atoms with Crippen LogP contribution in [0.1, 0.15) is 42.2 Å². The number of nitrogens with zero attached hydrogens (tertiary/aromatic N) is 1. The molecular weight excluding hydrogens is 236 g/mol. The molecular formula is C12H16N2S2. The molecule has 0 aliphatic heterocycles. The maximum absolute atomic E-state index is 4.34. The van der Waals surface area contributed by atoms with Gasteiger partial charge in [-0.1, -0.05) is 13.0 Å². The maximum atomic E-state index is 4.34. The van der Waals surface area contributed by atoms with Crippen molar-refractivity contribution in [1.29, 1.82) is 0 Å². The van der Waals surface area contributed by atoms with Crippen LogP contribution in [0.25, 0.3) is 0 Å². The van der Waals surface area contributed by atoms with E-state index in [1.54, 1.807) is 11.3 Å². The molecule has 0 aliphatic rings. The maximum Gasteiger partial charge on any atom is 0.109 e. The molecule has 2 atom stereocenters. The molecule has 2 unspecified atom stereocenters. The summed E-state index contributed by atoms with van der Waals surface area (Å²) in [5.41, 5.74) is 0. The van der Waals surface area contributed by atoms with Gasteiger partial charge in [-0.15, -0.1) is 22.7 Å². The van der Waals surface area contributed by atoms with Gasteiger partial charge in [0.05, 0.1) is 6.04 Å². The number of thiophene rings is 1. The molecule has 4 heteroatoms. The number of aromatic nitrogens is 1. The van der Waals surface area contributed by atoms with E-state index >= 15 is 0 Å². The lowest BCUT2D eigenvalue weighted by Gasteiger charge is -2.19. The summed E-state index contributed by atoms with van der Waals surface area (Å²) in [5.74, 6) is 0. The number of hydrogen-bond donors (Lipinski definition) is 1. The molecule has 0 fully saturated rings. The predicted octanol–water partition coefficient (Wildman–Crippen LogP) is 4.01. The Labute approximate surface area is 104 Å². The van der Waals surface area contributed by atoms with E-state index in [-0.39, 0.29) is 0 Å². The zero-order valence-corrected chi connectivity index (χ0v) is 11.1. The topological polar surface area (TPSA) is 24.9 Å².